The summed E-state index contributed by atoms with van der Waals surface area (Å²) in [6, 6.07) is 14.1. The van der Waals surface area contributed by atoms with Gasteiger partial charge >= 0.3 is 0 Å². The molecule has 0 aliphatic rings. The molecule has 3 rings (SSSR count). The Balaban J connectivity index is 2.01. The van der Waals surface area contributed by atoms with Crippen molar-refractivity contribution in [2.24, 2.45) is 10.2 Å². The summed E-state index contributed by atoms with van der Waals surface area (Å²) in [7, 11) is 3.06. The van der Waals surface area contributed by atoms with E-state index >= 15 is 0 Å². The SMILES string of the molecule is COc1ccc(CCn2c(O)c(C#N)c(C)c(N=Nc3cc(Cl)ccc3OC)c2=O)cc1. The maximum atomic E-state index is 13.1. The van der Waals surface area contributed by atoms with Gasteiger partial charge in [0.25, 0.3) is 5.56 Å². The smallest absolute Gasteiger partial charge is 0.281 e. The van der Waals surface area contributed by atoms with E-state index in [1.54, 1.807) is 25.3 Å². The number of aryl methyl sites for hydroxylation is 1. The third-order valence-corrected chi connectivity index (χ3v) is 5.19. The van der Waals surface area contributed by atoms with Crippen molar-refractivity contribution in [1.29, 1.82) is 5.26 Å². The Labute approximate surface area is 189 Å². The van der Waals surface area contributed by atoms with Crippen molar-refractivity contribution in [2.45, 2.75) is 19.9 Å². The molecule has 0 amide bonds. The Morgan fingerprint density at radius 1 is 1.12 bits per heavy atom. The minimum absolute atomic E-state index is 0.0358. The van der Waals surface area contributed by atoms with Gasteiger partial charge in [-0.1, -0.05) is 23.7 Å². The lowest BCUT2D eigenvalue weighted by molar-refractivity contribution is 0.403. The molecule has 164 valence electrons. The second-order valence-electron chi connectivity index (χ2n) is 6.86. The summed E-state index contributed by atoms with van der Waals surface area (Å²) in [5, 5.41) is 28.7. The molecule has 3 aromatic rings. The first-order chi connectivity index (χ1) is 15.4. The molecule has 0 aliphatic heterocycles. The van der Waals surface area contributed by atoms with Gasteiger partial charge in [0.1, 0.15) is 28.8 Å². The van der Waals surface area contributed by atoms with Crippen molar-refractivity contribution in [3.05, 3.63) is 74.5 Å². The molecule has 0 spiro atoms. The molecule has 0 aliphatic carbocycles. The van der Waals surface area contributed by atoms with E-state index in [1.165, 1.54) is 14.0 Å². The Morgan fingerprint density at radius 2 is 1.84 bits per heavy atom. The molecule has 1 heterocycles. The van der Waals surface area contributed by atoms with Crippen LogP contribution in [-0.2, 0) is 13.0 Å². The van der Waals surface area contributed by atoms with Gasteiger partial charge in [-0.15, -0.1) is 10.2 Å². The number of aromatic hydroxyl groups is 1. The van der Waals surface area contributed by atoms with E-state index < -0.39 is 11.4 Å². The molecule has 2 aromatic carbocycles. The summed E-state index contributed by atoms with van der Waals surface area (Å²) in [6.07, 6.45) is 0.449. The van der Waals surface area contributed by atoms with Crippen molar-refractivity contribution in [3.8, 4) is 23.4 Å². The zero-order chi connectivity index (χ0) is 23.3. The topological polar surface area (TPSA) is 109 Å². The Morgan fingerprint density at radius 3 is 2.47 bits per heavy atom. The van der Waals surface area contributed by atoms with E-state index in [1.807, 2.05) is 30.3 Å². The third kappa shape index (κ3) is 4.74. The number of pyridine rings is 1. The summed E-state index contributed by atoms with van der Waals surface area (Å²) in [4.78, 5) is 13.1. The number of hydrogen-bond acceptors (Lipinski definition) is 7. The minimum atomic E-state index is -0.558. The van der Waals surface area contributed by atoms with E-state index in [9.17, 15) is 15.2 Å². The van der Waals surface area contributed by atoms with Crippen LogP contribution in [0.3, 0.4) is 0 Å². The molecule has 0 unspecified atom stereocenters. The summed E-state index contributed by atoms with van der Waals surface area (Å²) in [5.74, 6) is 0.743. The fourth-order valence-electron chi connectivity index (χ4n) is 3.14. The van der Waals surface area contributed by atoms with Crippen molar-refractivity contribution in [3.63, 3.8) is 0 Å². The number of aromatic nitrogens is 1. The number of rotatable bonds is 7. The molecule has 1 N–H and O–H groups in total. The van der Waals surface area contributed by atoms with E-state index in [-0.39, 0.29) is 23.4 Å². The summed E-state index contributed by atoms with van der Waals surface area (Å²) in [5.41, 5.74) is 0.860. The first-order valence-electron chi connectivity index (χ1n) is 9.64. The molecule has 0 fully saturated rings. The maximum Gasteiger partial charge on any atom is 0.281 e. The van der Waals surface area contributed by atoms with Gasteiger partial charge in [-0.05, 0) is 49.2 Å². The minimum Gasteiger partial charge on any atom is -0.497 e. The molecule has 8 nitrogen and oxygen atoms in total. The standard InChI is InChI=1S/C23H21ClN4O4/c1-14-18(13-25)22(29)28(11-10-15-4-7-17(31-2)8-5-15)23(30)21(14)27-26-19-12-16(24)6-9-20(19)32-3/h4-9,12,29H,10-11H2,1-3H3. The van der Waals surface area contributed by atoms with Crippen LogP contribution in [0.25, 0.3) is 0 Å². The van der Waals surface area contributed by atoms with Crippen LogP contribution in [0.15, 0.2) is 57.5 Å². The van der Waals surface area contributed by atoms with Crippen LogP contribution in [0.2, 0.25) is 5.02 Å². The molecular weight excluding hydrogens is 432 g/mol. The Hall–Kier alpha value is -3.83. The highest BCUT2D eigenvalue weighted by atomic mass is 35.5. The van der Waals surface area contributed by atoms with Gasteiger partial charge in [-0.25, -0.2) is 0 Å². The lowest BCUT2D eigenvalue weighted by atomic mass is 10.1. The highest BCUT2D eigenvalue weighted by molar-refractivity contribution is 6.30. The second-order valence-corrected chi connectivity index (χ2v) is 7.29. The number of ether oxygens (including phenoxy) is 2. The number of nitriles is 1. The van der Waals surface area contributed by atoms with E-state index in [2.05, 4.69) is 10.2 Å². The zero-order valence-corrected chi connectivity index (χ0v) is 18.6. The molecule has 0 radical (unpaired) electrons. The number of halogens is 1. The maximum absolute atomic E-state index is 13.1. The fraction of sp³-hybridized carbons (Fsp3) is 0.217. The Kier molecular flexibility index (Phi) is 7.13. The number of nitrogens with zero attached hydrogens (tertiary/aromatic N) is 4. The van der Waals surface area contributed by atoms with Crippen LogP contribution in [-0.4, -0.2) is 23.9 Å². The first kappa shape index (κ1) is 22.8. The molecule has 0 atom stereocenters. The van der Waals surface area contributed by atoms with Crippen LogP contribution in [0.1, 0.15) is 16.7 Å². The van der Waals surface area contributed by atoms with Crippen molar-refractivity contribution < 1.29 is 14.6 Å². The molecule has 0 saturated heterocycles. The van der Waals surface area contributed by atoms with Gasteiger partial charge in [-0.3, -0.25) is 9.36 Å². The summed E-state index contributed by atoms with van der Waals surface area (Å²) < 4.78 is 11.5. The van der Waals surface area contributed by atoms with Gasteiger partial charge in [0.15, 0.2) is 5.69 Å². The molecule has 0 bridgehead atoms. The van der Waals surface area contributed by atoms with Crippen LogP contribution in [0.5, 0.6) is 17.4 Å². The molecule has 0 saturated carbocycles. The average molecular weight is 453 g/mol. The second kappa shape index (κ2) is 9.98. The van der Waals surface area contributed by atoms with Gasteiger partial charge in [0, 0.05) is 17.1 Å². The van der Waals surface area contributed by atoms with Gasteiger partial charge in [0.05, 0.1) is 14.2 Å². The van der Waals surface area contributed by atoms with E-state index in [0.29, 0.717) is 22.9 Å². The molecular formula is C23H21ClN4O4. The van der Waals surface area contributed by atoms with Crippen molar-refractivity contribution in [2.75, 3.05) is 14.2 Å². The highest BCUT2D eigenvalue weighted by Crippen LogP contribution is 2.33. The quantitative estimate of drug-likeness (QED) is 0.503. The van der Waals surface area contributed by atoms with Gasteiger partial charge < -0.3 is 14.6 Å². The monoisotopic (exact) mass is 452 g/mol. The predicted octanol–water partition coefficient (Wildman–Crippen LogP) is 5.06. The van der Waals surface area contributed by atoms with Gasteiger partial charge in [-0.2, -0.15) is 5.26 Å². The number of azo groups is 1. The first-order valence-corrected chi connectivity index (χ1v) is 10.0. The van der Waals surface area contributed by atoms with Crippen molar-refractivity contribution in [1.82, 2.24) is 4.57 Å². The van der Waals surface area contributed by atoms with Crippen LogP contribution in [0, 0.1) is 18.3 Å². The van der Waals surface area contributed by atoms with E-state index in [4.69, 9.17) is 21.1 Å². The highest BCUT2D eigenvalue weighted by Gasteiger charge is 2.19. The summed E-state index contributed by atoms with van der Waals surface area (Å²) >= 11 is 6.02. The van der Waals surface area contributed by atoms with Crippen LogP contribution < -0.4 is 15.0 Å². The van der Waals surface area contributed by atoms with E-state index in [0.717, 1.165) is 15.9 Å². The Bertz CT molecular complexity index is 1260. The molecule has 32 heavy (non-hydrogen) atoms. The lowest BCUT2D eigenvalue weighted by Gasteiger charge is -2.13. The normalized spacial score (nSPS) is 10.8. The molecule has 9 heteroatoms. The average Bonchev–Trinajstić information content (AvgIpc) is 2.79. The van der Waals surface area contributed by atoms with Crippen LogP contribution in [0.4, 0.5) is 11.4 Å². The summed E-state index contributed by atoms with van der Waals surface area (Å²) in [6.45, 7) is 1.69. The van der Waals surface area contributed by atoms with Crippen molar-refractivity contribution >= 4 is 23.0 Å². The number of benzene rings is 2. The van der Waals surface area contributed by atoms with Gasteiger partial charge in [0.2, 0.25) is 5.88 Å². The molecule has 1 aromatic heterocycles. The largest absolute Gasteiger partial charge is 0.497 e. The third-order valence-electron chi connectivity index (χ3n) is 4.95. The zero-order valence-electron chi connectivity index (χ0n) is 17.8. The fourth-order valence-corrected chi connectivity index (χ4v) is 3.31. The predicted molar refractivity (Wildman–Crippen MR) is 121 cm³/mol. The lowest BCUT2D eigenvalue weighted by Crippen LogP contribution is -2.22. The number of methoxy groups -OCH3 is 2. The van der Waals surface area contributed by atoms with Crippen LogP contribution >= 0.6 is 11.6 Å². The number of hydrogen-bond donors (Lipinski definition) is 1.